The van der Waals surface area contributed by atoms with E-state index in [4.69, 9.17) is 4.74 Å². The molecule has 9 rings (SSSR count). The molecule has 0 saturated carbocycles. The molecule has 0 radical (unpaired) electrons. The average Bonchev–Trinajstić information content (AvgIpc) is 3.67. The summed E-state index contributed by atoms with van der Waals surface area (Å²) in [6.07, 6.45) is 3.12. The van der Waals surface area contributed by atoms with Gasteiger partial charge >= 0.3 is 6.09 Å². The Morgan fingerprint density at radius 2 is 1.48 bits per heavy atom. The number of hydrogen-bond donors (Lipinski definition) is 2. The van der Waals surface area contributed by atoms with Crippen molar-refractivity contribution in [1.82, 2.24) is 24.3 Å². The van der Waals surface area contributed by atoms with Crippen molar-refractivity contribution in [1.29, 1.82) is 0 Å². The Morgan fingerprint density at radius 3 is 2.16 bits per heavy atom. The van der Waals surface area contributed by atoms with Gasteiger partial charge in [0.1, 0.15) is 12.2 Å². The highest BCUT2D eigenvalue weighted by Gasteiger charge is 2.40. The predicted molar refractivity (Wildman–Crippen MR) is 168 cm³/mol. The number of hydrogen-bond acceptors (Lipinski definition) is 6. The lowest BCUT2D eigenvalue weighted by Crippen LogP contribution is -2.50. The van der Waals surface area contributed by atoms with Gasteiger partial charge in [0.2, 0.25) is 0 Å². The van der Waals surface area contributed by atoms with Gasteiger partial charge in [-0.3, -0.25) is 9.78 Å². The fourth-order valence-electron chi connectivity index (χ4n) is 7.67. The third-order valence-electron chi connectivity index (χ3n) is 9.61. The van der Waals surface area contributed by atoms with Gasteiger partial charge in [-0.25, -0.2) is 4.79 Å². The smallest absolute Gasteiger partial charge is 0.409 e. The van der Waals surface area contributed by atoms with Gasteiger partial charge in [-0.1, -0.05) is 36.4 Å². The first kappa shape index (κ1) is 25.4. The lowest BCUT2D eigenvalue weighted by atomic mass is 9.97. The number of nitrogens with zero attached hydrogens (tertiary/aromatic N) is 5. The van der Waals surface area contributed by atoms with Gasteiger partial charge < -0.3 is 34.1 Å². The van der Waals surface area contributed by atoms with E-state index in [1.807, 2.05) is 48.5 Å². The van der Waals surface area contributed by atoms with Crippen molar-refractivity contribution < 1.29 is 19.4 Å². The van der Waals surface area contributed by atoms with E-state index in [-0.39, 0.29) is 25.6 Å². The van der Waals surface area contributed by atoms with Crippen LogP contribution in [0.15, 0.2) is 73.1 Å². The van der Waals surface area contributed by atoms with Gasteiger partial charge in [-0.05, 0) is 29.8 Å². The highest BCUT2D eigenvalue weighted by molar-refractivity contribution is 6.30. The maximum Gasteiger partial charge on any atom is 0.409 e. The molecule has 3 aliphatic heterocycles. The number of anilines is 1. The van der Waals surface area contributed by atoms with Gasteiger partial charge in [0.15, 0.2) is 0 Å². The molecule has 1 saturated heterocycles. The molecule has 220 valence electrons. The zero-order valence-corrected chi connectivity index (χ0v) is 24.0. The van der Waals surface area contributed by atoms with Crippen LogP contribution in [0.3, 0.4) is 0 Å². The first-order valence-corrected chi connectivity index (χ1v) is 15.0. The van der Waals surface area contributed by atoms with Crippen molar-refractivity contribution in [2.24, 2.45) is 0 Å². The molecule has 1 atom stereocenters. The number of fused-ring (bicyclic) bond motifs is 9. The van der Waals surface area contributed by atoms with Crippen molar-refractivity contribution in [3.05, 3.63) is 84.2 Å². The average molecular weight is 587 g/mol. The second kappa shape index (κ2) is 9.20. The number of amides is 2. The quantitative estimate of drug-likeness (QED) is 0.322. The summed E-state index contributed by atoms with van der Waals surface area (Å²) >= 11 is 0. The van der Waals surface area contributed by atoms with Crippen LogP contribution in [0.4, 0.5) is 10.5 Å². The van der Waals surface area contributed by atoms with E-state index in [0.29, 0.717) is 38.3 Å². The van der Waals surface area contributed by atoms with Crippen LogP contribution < -0.4 is 10.2 Å². The molecule has 44 heavy (non-hydrogen) atoms. The Labute approximate surface area is 252 Å². The minimum Gasteiger partial charge on any atom is -0.446 e. The lowest BCUT2D eigenvalue weighted by Gasteiger charge is -2.36. The molecule has 6 aromatic rings. The fraction of sp³-hybridized carbons (Fsp3) is 0.265. The van der Waals surface area contributed by atoms with Crippen molar-refractivity contribution in [3.8, 4) is 0 Å². The first-order chi connectivity index (χ1) is 21.5. The number of carbonyl (C=O) groups excluding carboxylic acids is 2. The minimum absolute atomic E-state index is 0.0703. The number of aliphatic hydroxyl groups is 1. The standard InChI is InChI=1S/C34H30N6O4/c41-32-29-24(17-36-32)27-22-5-1-3-7-25(22)39-18-34(43,19-40-26-8-4-2-6-23(26)28(29)31(40)30(27)39)20-44-33(42)38-15-13-37(14-16-38)21-9-11-35-12-10-21/h1-12,43H,13-20H2,(H,36,41). The maximum absolute atomic E-state index is 13.3. The largest absolute Gasteiger partial charge is 0.446 e. The van der Waals surface area contributed by atoms with Crippen LogP contribution >= 0.6 is 0 Å². The third kappa shape index (κ3) is 3.54. The second-order valence-corrected chi connectivity index (χ2v) is 12.1. The van der Waals surface area contributed by atoms with Crippen LogP contribution in [0.2, 0.25) is 0 Å². The molecule has 0 bridgehead atoms. The summed E-state index contributed by atoms with van der Waals surface area (Å²) in [6.45, 7) is 3.21. The summed E-state index contributed by atoms with van der Waals surface area (Å²) in [4.78, 5) is 34.7. The van der Waals surface area contributed by atoms with Crippen LogP contribution in [-0.2, 0) is 24.4 Å². The molecule has 10 heteroatoms. The summed E-state index contributed by atoms with van der Waals surface area (Å²) in [5.74, 6) is -0.0703. The Balaban J connectivity index is 1.11. The van der Waals surface area contributed by atoms with Crippen LogP contribution in [0.25, 0.3) is 43.6 Å². The van der Waals surface area contributed by atoms with Gasteiger partial charge in [0.05, 0.1) is 29.7 Å². The highest BCUT2D eigenvalue weighted by atomic mass is 16.6. The molecule has 1 unspecified atom stereocenters. The summed E-state index contributed by atoms with van der Waals surface area (Å²) < 4.78 is 10.2. The molecule has 0 spiro atoms. The van der Waals surface area contributed by atoms with Crippen LogP contribution in [0, 0.1) is 0 Å². The molecule has 3 aromatic carbocycles. The molecule has 10 nitrogen and oxygen atoms in total. The van der Waals surface area contributed by atoms with Gasteiger partial charge in [-0.15, -0.1) is 0 Å². The number of rotatable bonds is 3. The van der Waals surface area contributed by atoms with Crippen molar-refractivity contribution in [3.63, 3.8) is 0 Å². The Morgan fingerprint density at radius 1 is 0.864 bits per heavy atom. The molecular weight excluding hydrogens is 556 g/mol. The third-order valence-corrected chi connectivity index (χ3v) is 9.61. The van der Waals surface area contributed by atoms with E-state index < -0.39 is 11.7 Å². The summed E-state index contributed by atoms with van der Waals surface area (Å²) in [6, 6.07) is 20.1. The van der Waals surface area contributed by atoms with Gasteiger partial charge in [0.25, 0.3) is 5.91 Å². The normalized spacial score (nSPS) is 19.7. The van der Waals surface area contributed by atoms with E-state index in [9.17, 15) is 14.7 Å². The van der Waals surface area contributed by atoms with E-state index in [1.54, 1.807) is 17.3 Å². The molecular formula is C34H30N6O4. The Bertz CT molecular complexity index is 2160. The fourth-order valence-corrected chi connectivity index (χ4v) is 7.67. The molecule has 2 N–H and O–H groups in total. The SMILES string of the molecule is O=C1NCc2c1c1c3ccccc3n3c1c1c2c2ccccc2n1CC(O)(COC(=O)N1CCN(c2ccncc2)CC1)C3. The monoisotopic (exact) mass is 586 g/mol. The summed E-state index contributed by atoms with van der Waals surface area (Å²) in [5.41, 5.74) is 5.25. The molecule has 2 amide bonds. The van der Waals surface area contributed by atoms with Crippen molar-refractivity contribution in [2.75, 3.05) is 37.7 Å². The Kier molecular flexibility index (Phi) is 5.32. The van der Waals surface area contributed by atoms with E-state index in [0.717, 1.165) is 54.9 Å². The number of piperazine rings is 1. The van der Waals surface area contributed by atoms with Gasteiger partial charge in [-0.2, -0.15) is 0 Å². The lowest BCUT2D eigenvalue weighted by molar-refractivity contribution is -0.0485. The van der Waals surface area contributed by atoms with Crippen LogP contribution in [0.5, 0.6) is 0 Å². The van der Waals surface area contributed by atoms with Crippen molar-refractivity contribution in [2.45, 2.75) is 25.2 Å². The number of nitrogens with one attached hydrogen (secondary N) is 1. The van der Waals surface area contributed by atoms with Crippen LogP contribution in [0.1, 0.15) is 15.9 Å². The maximum atomic E-state index is 13.3. The Hall–Kier alpha value is -5.09. The number of ether oxygens (including phenoxy) is 1. The molecule has 3 aliphatic rings. The summed E-state index contributed by atoms with van der Waals surface area (Å²) in [5, 5.41) is 19.4. The topological polar surface area (TPSA) is 105 Å². The van der Waals surface area contributed by atoms with E-state index >= 15 is 0 Å². The van der Waals surface area contributed by atoms with Crippen LogP contribution in [-0.4, -0.2) is 74.5 Å². The number of aromatic nitrogens is 3. The number of para-hydroxylation sites is 2. The summed E-state index contributed by atoms with van der Waals surface area (Å²) in [7, 11) is 0. The zero-order chi connectivity index (χ0) is 29.6. The number of benzene rings is 3. The first-order valence-electron chi connectivity index (χ1n) is 15.0. The molecule has 6 heterocycles. The molecule has 1 fully saturated rings. The minimum atomic E-state index is -1.40. The van der Waals surface area contributed by atoms with E-state index in [1.165, 1.54) is 0 Å². The second-order valence-electron chi connectivity index (χ2n) is 12.1. The highest BCUT2D eigenvalue weighted by Crippen LogP contribution is 2.46. The van der Waals surface area contributed by atoms with Crippen molar-refractivity contribution >= 4 is 61.3 Å². The molecule has 0 aliphatic carbocycles. The molecule has 3 aromatic heterocycles. The number of carbonyl (C=O) groups is 2. The van der Waals surface area contributed by atoms with Gasteiger partial charge in [0, 0.05) is 83.4 Å². The number of pyridine rings is 1. The predicted octanol–water partition coefficient (Wildman–Crippen LogP) is 4.24. The van der Waals surface area contributed by atoms with E-state index in [2.05, 4.69) is 36.5 Å². The zero-order valence-electron chi connectivity index (χ0n) is 24.0.